The molecule has 0 atom stereocenters. The molecule has 32 heavy (non-hydrogen) atoms. The summed E-state index contributed by atoms with van der Waals surface area (Å²) in [7, 11) is 0. The van der Waals surface area contributed by atoms with Gasteiger partial charge >= 0.3 is 0 Å². The minimum atomic E-state index is 0.0788. The largest absolute Gasteiger partial charge is 0.507 e. The average molecular weight is 433 g/mol. The van der Waals surface area contributed by atoms with Gasteiger partial charge in [-0.25, -0.2) is 0 Å². The Balaban J connectivity index is 1.41. The Labute approximate surface area is 189 Å². The maximum absolute atomic E-state index is 10.6. The average Bonchev–Trinajstić information content (AvgIpc) is 3.37. The maximum Gasteiger partial charge on any atom is 0.151 e. The second kappa shape index (κ2) is 7.59. The van der Waals surface area contributed by atoms with Gasteiger partial charge in [0.2, 0.25) is 0 Å². The van der Waals surface area contributed by atoms with E-state index in [1.807, 2.05) is 18.2 Å². The molecular formula is C25H32N6O. The first-order chi connectivity index (χ1) is 15.2. The van der Waals surface area contributed by atoms with Gasteiger partial charge in [0.15, 0.2) is 5.82 Å². The standard InChI is InChI=1S/C25H32N6O/c1-24(2)12-19(13-25(3,4)30-24)31(18-6-7-18)23-10-9-21(28-29-23)20-8-5-16(11-22(20)32)17-14-26-27-15-17/h5,8-11,14-15,18-19,30,32H,6-7,12-13H2,1-4H3,(H,26,27). The Morgan fingerprint density at radius 1 is 0.938 bits per heavy atom. The van der Waals surface area contributed by atoms with Crippen molar-refractivity contribution in [2.45, 2.75) is 76.5 Å². The summed E-state index contributed by atoms with van der Waals surface area (Å²) in [5, 5.41) is 30.3. The van der Waals surface area contributed by atoms with Gasteiger partial charge in [-0.05, 0) is 83.2 Å². The Morgan fingerprint density at radius 3 is 2.25 bits per heavy atom. The van der Waals surface area contributed by atoms with Crippen molar-refractivity contribution in [3.8, 4) is 28.1 Å². The number of aromatic hydroxyl groups is 1. The molecule has 3 heterocycles. The summed E-state index contributed by atoms with van der Waals surface area (Å²) in [6, 6.07) is 10.6. The van der Waals surface area contributed by atoms with Gasteiger partial charge in [-0.1, -0.05) is 6.07 Å². The summed E-state index contributed by atoms with van der Waals surface area (Å²) in [5.41, 5.74) is 3.34. The number of benzene rings is 1. The smallest absolute Gasteiger partial charge is 0.151 e. The zero-order valence-electron chi connectivity index (χ0n) is 19.3. The lowest BCUT2D eigenvalue weighted by atomic mass is 9.79. The number of aromatic nitrogens is 4. The van der Waals surface area contributed by atoms with Gasteiger partial charge in [-0.15, -0.1) is 10.2 Å². The third kappa shape index (κ3) is 4.21. The van der Waals surface area contributed by atoms with Crippen LogP contribution < -0.4 is 10.2 Å². The Morgan fingerprint density at radius 2 is 1.69 bits per heavy atom. The predicted octanol–water partition coefficient (Wildman–Crippen LogP) is 4.52. The number of rotatable bonds is 5. The van der Waals surface area contributed by atoms with E-state index in [0.29, 0.717) is 23.3 Å². The predicted molar refractivity (Wildman–Crippen MR) is 127 cm³/mol. The lowest BCUT2D eigenvalue weighted by molar-refractivity contribution is 0.157. The number of H-pyrrole nitrogens is 1. The third-order valence-electron chi connectivity index (χ3n) is 6.52. The number of hydrogen-bond donors (Lipinski definition) is 3. The van der Waals surface area contributed by atoms with Crippen molar-refractivity contribution < 1.29 is 5.11 Å². The van der Waals surface area contributed by atoms with Crippen molar-refractivity contribution in [2.24, 2.45) is 0 Å². The van der Waals surface area contributed by atoms with E-state index in [9.17, 15) is 5.11 Å². The number of hydrogen-bond acceptors (Lipinski definition) is 6. The van der Waals surface area contributed by atoms with Crippen LogP contribution in [0.15, 0.2) is 42.7 Å². The van der Waals surface area contributed by atoms with Crippen molar-refractivity contribution in [1.29, 1.82) is 0 Å². The molecule has 7 heteroatoms. The van der Waals surface area contributed by atoms with Crippen LogP contribution in [0.2, 0.25) is 0 Å². The minimum absolute atomic E-state index is 0.0788. The Kier molecular flexibility index (Phi) is 4.97. The molecule has 1 saturated carbocycles. The minimum Gasteiger partial charge on any atom is -0.507 e. The normalized spacial score (nSPS) is 20.2. The third-order valence-corrected chi connectivity index (χ3v) is 6.52. The summed E-state index contributed by atoms with van der Waals surface area (Å²) in [6.45, 7) is 9.15. The highest BCUT2D eigenvalue weighted by atomic mass is 16.3. The fourth-order valence-corrected chi connectivity index (χ4v) is 5.43. The summed E-state index contributed by atoms with van der Waals surface area (Å²) >= 11 is 0. The molecule has 2 fully saturated rings. The number of phenols is 1. The topological polar surface area (TPSA) is 90.0 Å². The summed E-state index contributed by atoms with van der Waals surface area (Å²) in [6.07, 6.45) is 8.12. The van der Waals surface area contributed by atoms with E-state index in [-0.39, 0.29) is 16.8 Å². The van der Waals surface area contributed by atoms with Crippen LogP contribution in [0.1, 0.15) is 53.4 Å². The summed E-state index contributed by atoms with van der Waals surface area (Å²) < 4.78 is 0. The van der Waals surface area contributed by atoms with Gasteiger partial charge in [0.1, 0.15) is 5.75 Å². The lowest BCUT2D eigenvalue weighted by Gasteiger charge is -2.50. The molecule has 3 N–H and O–H groups in total. The van der Waals surface area contributed by atoms with Crippen LogP contribution >= 0.6 is 0 Å². The molecule has 5 rings (SSSR count). The van der Waals surface area contributed by atoms with E-state index in [2.05, 4.69) is 64.4 Å². The van der Waals surface area contributed by atoms with E-state index in [1.165, 1.54) is 12.8 Å². The quantitative estimate of drug-likeness (QED) is 0.549. The zero-order valence-corrected chi connectivity index (χ0v) is 19.3. The highest BCUT2D eigenvalue weighted by molar-refractivity contribution is 5.73. The highest BCUT2D eigenvalue weighted by Gasteiger charge is 2.44. The molecule has 0 bridgehead atoms. The van der Waals surface area contributed by atoms with Crippen LogP contribution in [0.4, 0.5) is 5.82 Å². The van der Waals surface area contributed by atoms with Crippen LogP contribution in [-0.4, -0.2) is 48.7 Å². The van der Waals surface area contributed by atoms with Crippen molar-refractivity contribution in [2.75, 3.05) is 4.90 Å². The molecule has 1 aliphatic carbocycles. The van der Waals surface area contributed by atoms with Gasteiger partial charge in [0.25, 0.3) is 0 Å². The molecule has 2 aromatic heterocycles. The van der Waals surface area contributed by atoms with E-state index < -0.39 is 0 Å². The molecule has 0 radical (unpaired) electrons. The monoisotopic (exact) mass is 432 g/mol. The van der Waals surface area contributed by atoms with Gasteiger partial charge in [0, 0.05) is 40.5 Å². The molecule has 1 saturated heterocycles. The second-order valence-electron chi connectivity index (χ2n) is 10.6. The van der Waals surface area contributed by atoms with Crippen LogP contribution in [0, 0.1) is 0 Å². The molecule has 168 valence electrons. The van der Waals surface area contributed by atoms with E-state index >= 15 is 0 Å². The number of nitrogens with zero attached hydrogens (tertiary/aromatic N) is 4. The highest BCUT2D eigenvalue weighted by Crippen LogP contribution is 2.40. The summed E-state index contributed by atoms with van der Waals surface area (Å²) in [5.74, 6) is 1.12. The van der Waals surface area contributed by atoms with Crippen LogP contribution in [0.25, 0.3) is 22.4 Å². The van der Waals surface area contributed by atoms with Gasteiger partial charge in [-0.2, -0.15) is 5.10 Å². The molecule has 0 amide bonds. The fourth-order valence-electron chi connectivity index (χ4n) is 5.43. The van der Waals surface area contributed by atoms with Gasteiger partial charge in [-0.3, -0.25) is 5.10 Å². The molecule has 1 aromatic carbocycles. The summed E-state index contributed by atoms with van der Waals surface area (Å²) in [4.78, 5) is 2.50. The molecule has 0 spiro atoms. The molecule has 1 aliphatic heterocycles. The fraction of sp³-hybridized carbons (Fsp3) is 0.480. The van der Waals surface area contributed by atoms with E-state index in [0.717, 1.165) is 29.8 Å². The van der Waals surface area contributed by atoms with Gasteiger partial charge in [0.05, 0.1) is 11.9 Å². The van der Waals surface area contributed by atoms with Crippen LogP contribution in [0.3, 0.4) is 0 Å². The molecule has 7 nitrogen and oxygen atoms in total. The molecule has 0 unspecified atom stereocenters. The number of anilines is 1. The Hall–Kier alpha value is -2.93. The Bertz CT molecular complexity index is 1070. The first kappa shape index (κ1) is 20.9. The molecule has 2 aliphatic rings. The zero-order chi connectivity index (χ0) is 22.5. The number of piperidine rings is 1. The van der Waals surface area contributed by atoms with Crippen molar-refractivity contribution in [3.63, 3.8) is 0 Å². The maximum atomic E-state index is 10.6. The van der Waals surface area contributed by atoms with E-state index in [4.69, 9.17) is 0 Å². The number of aromatic amines is 1. The first-order valence-corrected chi connectivity index (χ1v) is 11.4. The van der Waals surface area contributed by atoms with E-state index in [1.54, 1.807) is 18.5 Å². The van der Waals surface area contributed by atoms with Crippen molar-refractivity contribution in [1.82, 2.24) is 25.7 Å². The SMILES string of the molecule is CC1(C)CC(N(c2ccc(-c3ccc(-c4cn[nH]c4)cc3O)nn2)C2CC2)CC(C)(C)N1. The first-order valence-electron chi connectivity index (χ1n) is 11.4. The van der Waals surface area contributed by atoms with Crippen molar-refractivity contribution >= 4 is 5.82 Å². The second-order valence-corrected chi connectivity index (χ2v) is 10.6. The number of phenolic OH excluding ortho intramolecular Hbond substituents is 1. The van der Waals surface area contributed by atoms with Crippen LogP contribution in [-0.2, 0) is 0 Å². The number of nitrogens with one attached hydrogen (secondary N) is 2. The van der Waals surface area contributed by atoms with Crippen molar-refractivity contribution in [3.05, 3.63) is 42.7 Å². The lowest BCUT2D eigenvalue weighted by Crippen LogP contribution is -2.62. The van der Waals surface area contributed by atoms with Gasteiger partial charge < -0.3 is 15.3 Å². The molecular weight excluding hydrogens is 400 g/mol. The molecule has 3 aromatic rings. The van der Waals surface area contributed by atoms with Crippen LogP contribution in [0.5, 0.6) is 5.75 Å².